The second-order valence-electron chi connectivity index (χ2n) is 11.3. The van der Waals surface area contributed by atoms with Crippen molar-refractivity contribution in [3.8, 4) is 11.5 Å². The fourth-order valence-electron chi connectivity index (χ4n) is 5.48. The molecular formula is C34H38O6S. The Morgan fingerprint density at radius 1 is 0.976 bits per heavy atom. The number of benzene rings is 3. The third-order valence-corrected chi connectivity index (χ3v) is 8.59. The Bertz CT molecular complexity index is 1370. The van der Waals surface area contributed by atoms with Gasteiger partial charge in [-0.2, -0.15) is 0 Å². The van der Waals surface area contributed by atoms with Crippen LogP contribution in [0.1, 0.15) is 61.0 Å². The number of rotatable bonds is 10. The number of thioether (sulfide) groups is 1. The van der Waals surface area contributed by atoms with Gasteiger partial charge in [-0.05, 0) is 100 Å². The second kappa shape index (κ2) is 13.4. The van der Waals surface area contributed by atoms with Crippen molar-refractivity contribution in [2.24, 2.45) is 17.8 Å². The van der Waals surface area contributed by atoms with Gasteiger partial charge in [0.25, 0.3) is 0 Å². The highest BCUT2D eigenvalue weighted by atomic mass is 32.2. The van der Waals surface area contributed by atoms with Gasteiger partial charge in [0.05, 0.1) is 5.92 Å². The van der Waals surface area contributed by atoms with Crippen LogP contribution in [0, 0.1) is 24.7 Å². The van der Waals surface area contributed by atoms with Gasteiger partial charge in [0.15, 0.2) is 11.4 Å². The highest BCUT2D eigenvalue weighted by molar-refractivity contribution is 7.98. The summed E-state index contributed by atoms with van der Waals surface area (Å²) in [6.45, 7) is 4.93. The van der Waals surface area contributed by atoms with Crippen molar-refractivity contribution in [3.05, 3.63) is 89.5 Å². The molecule has 3 aromatic rings. The van der Waals surface area contributed by atoms with Crippen molar-refractivity contribution >= 4 is 29.5 Å². The van der Waals surface area contributed by atoms with E-state index >= 15 is 0 Å². The Labute approximate surface area is 246 Å². The highest BCUT2D eigenvalue weighted by Gasteiger charge is 2.37. The molecule has 0 aromatic heterocycles. The third kappa shape index (κ3) is 7.79. The van der Waals surface area contributed by atoms with Gasteiger partial charge >= 0.3 is 11.9 Å². The maximum Gasteiger partial charge on any atom is 0.347 e. The Kier molecular flexibility index (Phi) is 9.92. The van der Waals surface area contributed by atoms with Gasteiger partial charge in [-0.3, -0.25) is 9.59 Å². The molecular weight excluding hydrogens is 536 g/mol. The van der Waals surface area contributed by atoms with Gasteiger partial charge in [0.2, 0.25) is 0 Å². The predicted octanol–water partition coefficient (Wildman–Crippen LogP) is 7.41. The van der Waals surface area contributed by atoms with Crippen molar-refractivity contribution in [2.45, 2.75) is 63.4 Å². The van der Waals surface area contributed by atoms with Crippen molar-refractivity contribution < 1.29 is 29.0 Å². The van der Waals surface area contributed by atoms with Crippen LogP contribution in [-0.4, -0.2) is 34.7 Å². The van der Waals surface area contributed by atoms with E-state index in [9.17, 15) is 19.5 Å². The van der Waals surface area contributed by atoms with E-state index in [0.717, 1.165) is 22.4 Å². The zero-order chi connectivity index (χ0) is 29.6. The minimum Gasteiger partial charge on any atom is -0.478 e. The van der Waals surface area contributed by atoms with Crippen molar-refractivity contribution in [2.75, 3.05) is 6.26 Å². The minimum absolute atomic E-state index is 0.0693. The molecule has 1 fully saturated rings. The molecule has 6 nitrogen and oxygen atoms in total. The second-order valence-corrected chi connectivity index (χ2v) is 12.2. The molecule has 0 heterocycles. The summed E-state index contributed by atoms with van der Waals surface area (Å²) in [6.07, 6.45) is 5.31. The zero-order valence-corrected chi connectivity index (χ0v) is 24.9. The van der Waals surface area contributed by atoms with Crippen LogP contribution in [0.15, 0.2) is 77.7 Å². The van der Waals surface area contributed by atoms with Crippen molar-refractivity contribution in [1.29, 1.82) is 0 Å². The molecule has 0 radical (unpaired) electrons. The third-order valence-electron chi connectivity index (χ3n) is 7.85. The first-order chi connectivity index (χ1) is 19.6. The van der Waals surface area contributed by atoms with Crippen LogP contribution < -0.4 is 9.47 Å². The Morgan fingerprint density at radius 3 is 2.32 bits per heavy atom. The number of para-hydroxylation sites is 1. The van der Waals surface area contributed by atoms with E-state index in [0.29, 0.717) is 42.7 Å². The summed E-state index contributed by atoms with van der Waals surface area (Å²) >= 11 is 1.64. The number of carbonyl (C=O) groups is 3. The molecule has 3 atom stereocenters. The number of carboxylic acid groups (broad SMARTS) is 1. The monoisotopic (exact) mass is 574 g/mol. The lowest BCUT2D eigenvalue weighted by molar-refractivity contribution is -0.152. The fraction of sp³-hybridized carbons (Fsp3) is 0.382. The maximum atomic E-state index is 13.9. The van der Waals surface area contributed by atoms with Crippen LogP contribution in [-0.2, 0) is 16.0 Å². The van der Waals surface area contributed by atoms with Crippen LogP contribution in [0.5, 0.6) is 11.5 Å². The largest absolute Gasteiger partial charge is 0.478 e. The first-order valence-corrected chi connectivity index (χ1v) is 15.3. The quantitative estimate of drug-likeness (QED) is 0.0886. The van der Waals surface area contributed by atoms with E-state index < -0.39 is 11.6 Å². The topological polar surface area (TPSA) is 89.9 Å². The first kappa shape index (κ1) is 30.4. The van der Waals surface area contributed by atoms with Gasteiger partial charge in [0, 0.05) is 16.4 Å². The smallest absolute Gasteiger partial charge is 0.347 e. The molecule has 0 saturated heterocycles. The number of esters is 1. The predicted molar refractivity (Wildman–Crippen MR) is 161 cm³/mol. The Morgan fingerprint density at radius 2 is 1.68 bits per heavy atom. The first-order valence-electron chi connectivity index (χ1n) is 14.0. The molecule has 1 aliphatic rings. The van der Waals surface area contributed by atoms with Crippen molar-refractivity contribution in [3.63, 3.8) is 0 Å². The van der Waals surface area contributed by atoms with Crippen LogP contribution in [0.2, 0.25) is 0 Å². The number of ketones is 1. The van der Waals surface area contributed by atoms with E-state index in [1.165, 1.54) is 13.8 Å². The summed E-state index contributed by atoms with van der Waals surface area (Å²) in [5.74, 6) is -0.763. The number of carbonyl (C=O) groups excluding carboxylic acids is 2. The molecule has 1 N–H and O–H groups in total. The normalized spacial score (nSPS) is 19.2. The van der Waals surface area contributed by atoms with Gasteiger partial charge in [-0.25, -0.2) is 4.79 Å². The van der Waals surface area contributed by atoms with Gasteiger partial charge in [0.1, 0.15) is 11.5 Å². The van der Waals surface area contributed by atoms with Crippen molar-refractivity contribution in [1.82, 2.24) is 0 Å². The molecule has 3 aromatic carbocycles. The summed E-state index contributed by atoms with van der Waals surface area (Å²) in [6, 6.07) is 22.6. The molecule has 0 aliphatic heterocycles. The summed E-state index contributed by atoms with van der Waals surface area (Å²) in [4.78, 5) is 39.8. The van der Waals surface area contributed by atoms with E-state index in [1.807, 2.05) is 67.8 Å². The molecule has 0 bridgehead atoms. The molecule has 1 aliphatic carbocycles. The highest BCUT2D eigenvalue weighted by Crippen LogP contribution is 2.38. The number of aliphatic carboxylic acids is 1. The Balaban J connectivity index is 1.59. The van der Waals surface area contributed by atoms with Crippen LogP contribution in [0.3, 0.4) is 0 Å². The standard InChI is InChI=1S/C34H38O6S/c1-22-19-23(13-18-30(22)40-34(2,3)33(37)38)20-26-21-25(32(36)39-27-10-6-5-7-11-27)9-8-12-29(26)31(35)24-14-16-28(41-4)17-15-24/h5-7,10-11,13-19,25-26,29H,8-9,12,20-21H2,1-4H3,(H,37,38). The minimum atomic E-state index is -1.36. The molecule has 41 heavy (non-hydrogen) atoms. The summed E-state index contributed by atoms with van der Waals surface area (Å²) in [5.41, 5.74) is 1.17. The number of hydrogen-bond acceptors (Lipinski definition) is 6. The molecule has 4 rings (SSSR count). The summed E-state index contributed by atoms with van der Waals surface area (Å²) in [7, 11) is 0. The number of aryl methyl sites for hydroxylation is 1. The number of ether oxygens (including phenoxy) is 2. The SMILES string of the molecule is CSc1ccc(C(=O)C2CCCC(C(=O)Oc3ccccc3)CC2Cc2ccc(OC(C)(C)C(=O)O)c(C)c2)cc1. The van der Waals surface area contributed by atoms with Crippen LogP contribution in [0.25, 0.3) is 0 Å². The average Bonchev–Trinajstić information content (AvgIpc) is 3.17. The lowest BCUT2D eigenvalue weighted by atomic mass is 9.77. The molecule has 1 saturated carbocycles. The fourth-order valence-corrected chi connectivity index (χ4v) is 5.89. The lowest BCUT2D eigenvalue weighted by Gasteiger charge is -2.27. The maximum absolute atomic E-state index is 13.9. The number of hydrogen-bond donors (Lipinski definition) is 1. The molecule has 3 unspecified atom stereocenters. The summed E-state index contributed by atoms with van der Waals surface area (Å²) in [5, 5.41) is 9.46. The van der Waals surface area contributed by atoms with Gasteiger partial charge < -0.3 is 14.6 Å². The van der Waals surface area contributed by atoms with E-state index in [1.54, 1.807) is 30.0 Å². The zero-order valence-electron chi connectivity index (χ0n) is 24.1. The van der Waals surface area contributed by atoms with E-state index in [-0.39, 0.29) is 29.5 Å². The van der Waals surface area contributed by atoms with Crippen LogP contribution >= 0.6 is 11.8 Å². The molecule has 7 heteroatoms. The average molecular weight is 575 g/mol. The molecule has 0 spiro atoms. The lowest BCUT2D eigenvalue weighted by Crippen LogP contribution is -2.38. The van der Waals surface area contributed by atoms with Crippen LogP contribution in [0.4, 0.5) is 0 Å². The van der Waals surface area contributed by atoms with Gasteiger partial charge in [-0.1, -0.05) is 48.9 Å². The summed E-state index contributed by atoms with van der Waals surface area (Å²) < 4.78 is 11.5. The Hall–Kier alpha value is -3.58. The van der Waals surface area contributed by atoms with E-state index in [4.69, 9.17) is 9.47 Å². The van der Waals surface area contributed by atoms with E-state index in [2.05, 4.69) is 0 Å². The van der Waals surface area contributed by atoms with Gasteiger partial charge in [-0.15, -0.1) is 11.8 Å². The number of Topliss-reactive ketones (excluding diaryl/α,β-unsaturated/α-hetero) is 1. The molecule has 216 valence electrons. The molecule has 0 amide bonds. The number of carboxylic acids is 1.